The predicted molar refractivity (Wildman–Crippen MR) is 75.8 cm³/mol. The maximum atomic E-state index is 4.62. The number of rotatable bonds is 1. The van der Waals surface area contributed by atoms with E-state index >= 15 is 0 Å². The number of aromatic amines is 1. The molecule has 4 rings (SSSR count). The second kappa shape index (κ2) is 3.68. The van der Waals surface area contributed by atoms with Gasteiger partial charge in [-0.05, 0) is 30.3 Å². The second-order valence-corrected chi connectivity index (χ2v) is 4.66. The Morgan fingerprint density at radius 2 is 1.95 bits per heavy atom. The van der Waals surface area contributed by atoms with Crippen molar-refractivity contribution in [1.82, 2.24) is 19.5 Å². The Hall–Kier alpha value is -2.62. The Labute approximate surface area is 109 Å². The molecule has 92 valence electrons. The lowest BCUT2D eigenvalue weighted by Gasteiger charge is -1.98. The molecule has 0 aliphatic carbocycles. The molecule has 0 bridgehead atoms. The van der Waals surface area contributed by atoms with Gasteiger partial charge >= 0.3 is 0 Å². The molecule has 0 unspecified atom stereocenters. The Bertz CT molecular complexity index is 852. The molecule has 0 fully saturated rings. The molecule has 0 aliphatic heterocycles. The number of para-hydroxylation sites is 2. The van der Waals surface area contributed by atoms with Crippen LogP contribution in [-0.2, 0) is 7.05 Å². The summed E-state index contributed by atoms with van der Waals surface area (Å²) in [6.07, 6.45) is 1.83. The summed E-state index contributed by atoms with van der Waals surface area (Å²) in [7, 11) is 2.00. The summed E-state index contributed by atoms with van der Waals surface area (Å²) in [6.45, 7) is 0. The molecule has 0 saturated carbocycles. The molecular weight excluding hydrogens is 236 g/mol. The summed E-state index contributed by atoms with van der Waals surface area (Å²) in [5.74, 6) is 0.893. The maximum Gasteiger partial charge on any atom is 0.138 e. The summed E-state index contributed by atoms with van der Waals surface area (Å²) >= 11 is 0. The smallest absolute Gasteiger partial charge is 0.138 e. The number of imidazole rings is 2. The highest BCUT2D eigenvalue weighted by molar-refractivity contribution is 5.84. The summed E-state index contributed by atoms with van der Waals surface area (Å²) < 4.78 is 2.02. The largest absolute Gasteiger partial charge is 0.338 e. The van der Waals surface area contributed by atoms with E-state index in [1.54, 1.807) is 0 Å². The minimum Gasteiger partial charge on any atom is -0.338 e. The first-order valence-electron chi connectivity index (χ1n) is 6.17. The molecule has 0 amide bonds. The van der Waals surface area contributed by atoms with Gasteiger partial charge in [-0.15, -0.1) is 0 Å². The number of aromatic nitrogens is 4. The molecule has 1 N–H and O–H groups in total. The fourth-order valence-corrected chi connectivity index (χ4v) is 2.36. The van der Waals surface area contributed by atoms with E-state index in [0.29, 0.717) is 0 Å². The van der Waals surface area contributed by atoms with Gasteiger partial charge in [0.25, 0.3) is 0 Å². The van der Waals surface area contributed by atoms with Gasteiger partial charge in [0.1, 0.15) is 5.82 Å². The molecule has 0 saturated heterocycles. The molecule has 2 aromatic carbocycles. The van der Waals surface area contributed by atoms with Crippen LogP contribution in [0.25, 0.3) is 33.5 Å². The molecule has 2 aromatic heterocycles. The average molecular weight is 248 g/mol. The molecule has 19 heavy (non-hydrogen) atoms. The zero-order valence-corrected chi connectivity index (χ0v) is 10.5. The van der Waals surface area contributed by atoms with E-state index in [9.17, 15) is 0 Å². The van der Waals surface area contributed by atoms with E-state index in [4.69, 9.17) is 0 Å². The minimum atomic E-state index is 0.893. The van der Waals surface area contributed by atoms with Crippen LogP contribution in [0.1, 0.15) is 0 Å². The van der Waals surface area contributed by atoms with Crippen LogP contribution in [-0.4, -0.2) is 19.5 Å². The molecule has 4 aromatic rings. The van der Waals surface area contributed by atoms with Crippen LogP contribution in [0.4, 0.5) is 0 Å². The highest BCUT2D eigenvalue weighted by Gasteiger charge is 2.07. The van der Waals surface area contributed by atoms with Gasteiger partial charge < -0.3 is 9.55 Å². The number of hydrogen-bond acceptors (Lipinski definition) is 2. The van der Waals surface area contributed by atoms with Crippen molar-refractivity contribution in [3.8, 4) is 11.4 Å². The normalized spacial score (nSPS) is 11.4. The monoisotopic (exact) mass is 248 g/mol. The summed E-state index contributed by atoms with van der Waals surface area (Å²) in [4.78, 5) is 12.3. The first-order chi connectivity index (χ1) is 9.31. The topological polar surface area (TPSA) is 46.5 Å². The first kappa shape index (κ1) is 10.3. The van der Waals surface area contributed by atoms with Crippen molar-refractivity contribution < 1.29 is 0 Å². The third-order valence-electron chi connectivity index (χ3n) is 3.39. The van der Waals surface area contributed by atoms with E-state index in [0.717, 1.165) is 33.5 Å². The fraction of sp³-hybridized carbons (Fsp3) is 0.0667. The first-order valence-corrected chi connectivity index (χ1v) is 6.17. The van der Waals surface area contributed by atoms with Gasteiger partial charge in [0.05, 0.1) is 28.4 Å². The molecule has 2 heterocycles. The molecule has 0 atom stereocenters. The number of benzene rings is 2. The predicted octanol–water partition coefficient (Wildman–Crippen LogP) is 3.12. The van der Waals surface area contributed by atoms with E-state index in [1.165, 1.54) is 0 Å². The fourth-order valence-electron chi connectivity index (χ4n) is 2.36. The van der Waals surface area contributed by atoms with Crippen molar-refractivity contribution in [2.75, 3.05) is 0 Å². The van der Waals surface area contributed by atoms with Gasteiger partial charge in [-0.3, -0.25) is 0 Å². The van der Waals surface area contributed by atoms with Crippen molar-refractivity contribution in [3.05, 3.63) is 48.8 Å². The van der Waals surface area contributed by atoms with Crippen LogP contribution < -0.4 is 0 Å². The van der Waals surface area contributed by atoms with Crippen LogP contribution in [0.2, 0.25) is 0 Å². The van der Waals surface area contributed by atoms with E-state index in [1.807, 2.05) is 54.3 Å². The van der Waals surface area contributed by atoms with Gasteiger partial charge in [-0.2, -0.15) is 0 Å². The van der Waals surface area contributed by atoms with Gasteiger partial charge in [0.15, 0.2) is 0 Å². The van der Waals surface area contributed by atoms with Crippen molar-refractivity contribution >= 4 is 22.1 Å². The van der Waals surface area contributed by atoms with Crippen LogP contribution >= 0.6 is 0 Å². The minimum absolute atomic E-state index is 0.893. The standard InChI is InChI=1S/C15H12N4/c1-19-9-16-13-7-6-10(8-14(13)19)15-17-11-4-2-3-5-12(11)18-15/h2-9H,1H3,(H,17,18). The van der Waals surface area contributed by atoms with Gasteiger partial charge in [-0.25, -0.2) is 9.97 Å². The Balaban J connectivity index is 1.95. The molecule has 4 heteroatoms. The number of nitrogens with zero attached hydrogens (tertiary/aromatic N) is 3. The Morgan fingerprint density at radius 3 is 2.84 bits per heavy atom. The zero-order valence-electron chi connectivity index (χ0n) is 10.5. The highest BCUT2D eigenvalue weighted by atomic mass is 15.0. The highest BCUT2D eigenvalue weighted by Crippen LogP contribution is 2.23. The lowest BCUT2D eigenvalue weighted by molar-refractivity contribution is 0.947. The summed E-state index contributed by atoms with van der Waals surface area (Å²) in [5, 5.41) is 0. The number of hydrogen-bond donors (Lipinski definition) is 1. The molecule has 0 radical (unpaired) electrons. The number of H-pyrrole nitrogens is 1. The van der Waals surface area contributed by atoms with E-state index in [-0.39, 0.29) is 0 Å². The van der Waals surface area contributed by atoms with Crippen molar-refractivity contribution in [1.29, 1.82) is 0 Å². The molecular formula is C15H12N4. The van der Waals surface area contributed by atoms with Crippen LogP contribution in [0.3, 0.4) is 0 Å². The number of nitrogens with one attached hydrogen (secondary N) is 1. The lowest BCUT2D eigenvalue weighted by Crippen LogP contribution is -1.85. The quantitative estimate of drug-likeness (QED) is 0.562. The summed E-state index contributed by atoms with van der Waals surface area (Å²) in [6, 6.07) is 14.2. The Kier molecular flexibility index (Phi) is 2.00. The van der Waals surface area contributed by atoms with Crippen LogP contribution in [0, 0.1) is 0 Å². The van der Waals surface area contributed by atoms with Crippen molar-refractivity contribution in [2.24, 2.45) is 7.05 Å². The molecule has 4 nitrogen and oxygen atoms in total. The Morgan fingerprint density at radius 1 is 1.05 bits per heavy atom. The maximum absolute atomic E-state index is 4.62. The molecule has 0 aliphatic rings. The van der Waals surface area contributed by atoms with E-state index in [2.05, 4.69) is 21.0 Å². The SMILES string of the molecule is Cn1cnc2ccc(-c3nc4ccccc4[nH]3)cc21. The summed E-state index contributed by atoms with van der Waals surface area (Å²) in [5.41, 5.74) is 5.23. The van der Waals surface area contributed by atoms with Gasteiger partial charge in [0.2, 0.25) is 0 Å². The zero-order chi connectivity index (χ0) is 12.8. The van der Waals surface area contributed by atoms with Gasteiger partial charge in [-0.1, -0.05) is 12.1 Å². The van der Waals surface area contributed by atoms with Crippen LogP contribution in [0.5, 0.6) is 0 Å². The van der Waals surface area contributed by atoms with Crippen molar-refractivity contribution in [2.45, 2.75) is 0 Å². The third kappa shape index (κ3) is 1.53. The van der Waals surface area contributed by atoms with Gasteiger partial charge in [0, 0.05) is 12.6 Å². The number of aryl methyl sites for hydroxylation is 1. The lowest BCUT2D eigenvalue weighted by atomic mass is 10.2. The second-order valence-electron chi connectivity index (χ2n) is 4.66. The molecule has 0 spiro atoms. The number of fused-ring (bicyclic) bond motifs is 2. The van der Waals surface area contributed by atoms with Crippen molar-refractivity contribution in [3.63, 3.8) is 0 Å². The average Bonchev–Trinajstić information content (AvgIpc) is 3.02. The van der Waals surface area contributed by atoms with Crippen LogP contribution in [0.15, 0.2) is 48.8 Å². The van der Waals surface area contributed by atoms with E-state index < -0.39 is 0 Å². The third-order valence-corrected chi connectivity index (χ3v) is 3.39.